The summed E-state index contributed by atoms with van der Waals surface area (Å²) >= 11 is 0. The van der Waals surface area contributed by atoms with E-state index in [1.54, 1.807) is 5.30 Å². The van der Waals surface area contributed by atoms with Crippen molar-refractivity contribution in [2.75, 3.05) is 0 Å². The minimum absolute atomic E-state index is 0. The van der Waals surface area contributed by atoms with E-state index in [1.807, 2.05) is 0 Å². The van der Waals surface area contributed by atoms with Gasteiger partial charge in [-0.05, 0) is 37.0 Å². The van der Waals surface area contributed by atoms with Gasteiger partial charge in [0, 0.05) is 0 Å². The van der Waals surface area contributed by atoms with Crippen molar-refractivity contribution in [1.82, 2.24) is 0 Å². The van der Waals surface area contributed by atoms with Crippen molar-refractivity contribution in [2.45, 2.75) is 75.5 Å². The minimum Gasteiger partial charge on any atom is -1.00 e. The molecule has 4 heteroatoms. The Hall–Kier alpha value is -0.460. The zero-order valence-corrected chi connectivity index (χ0v) is 25.9. The SMILES string of the molecule is [Cl-].[Cl-].[Hf+4].c1ccc2[cH-]c(P(C3CCCCC3)C3CCCCC3)cc2c1.c1ccc2[cH-]ccc2c1. The van der Waals surface area contributed by atoms with Crippen LogP contribution in [0.2, 0.25) is 0 Å². The van der Waals surface area contributed by atoms with Crippen molar-refractivity contribution in [2.24, 2.45) is 0 Å². The second-order valence-corrected chi connectivity index (χ2v) is 12.3. The first-order chi connectivity index (χ1) is 15.4. The van der Waals surface area contributed by atoms with Crippen molar-refractivity contribution < 1.29 is 50.7 Å². The van der Waals surface area contributed by atoms with Crippen LogP contribution >= 0.6 is 7.92 Å². The number of fused-ring (bicyclic) bond motifs is 2. The van der Waals surface area contributed by atoms with E-state index < -0.39 is 0 Å². The van der Waals surface area contributed by atoms with Crippen LogP contribution in [0.15, 0.2) is 78.9 Å². The summed E-state index contributed by atoms with van der Waals surface area (Å²) in [5, 5.41) is 7.33. The molecule has 0 saturated heterocycles. The van der Waals surface area contributed by atoms with E-state index in [2.05, 4.69) is 78.9 Å². The molecular formula is C30H35Cl2HfP. The second-order valence-electron chi connectivity index (χ2n) is 9.49. The minimum atomic E-state index is 0. The van der Waals surface area contributed by atoms with Crippen LogP contribution in [-0.4, -0.2) is 11.3 Å². The molecule has 2 aliphatic carbocycles. The van der Waals surface area contributed by atoms with E-state index >= 15 is 0 Å². The van der Waals surface area contributed by atoms with Gasteiger partial charge < -0.3 is 24.8 Å². The molecule has 2 fully saturated rings. The molecule has 0 amide bonds. The Kier molecular flexibility index (Phi) is 13.1. The van der Waals surface area contributed by atoms with Crippen LogP contribution in [0.3, 0.4) is 0 Å². The molecule has 2 aliphatic rings. The molecule has 0 radical (unpaired) electrons. The van der Waals surface area contributed by atoms with Gasteiger partial charge in [-0.2, -0.15) is 23.6 Å². The van der Waals surface area contributed by atoms with Crippen molar-refractivity contribution in [3.05, 3.63) is 78.9 Å². The molecule has 0 N–H and O–H groups in total. The van der Waals surface area contributed by atoms with Gasteiger partial charge >= 0.3 is 25.8 Å². The number of rotatable bonds is 3. The molecular weight excluding hydrogens is 641 g/mol. The molecule has 0 nitrogen and oxygen atoms in total. The Morgan fingerprint density at radius 2 is 1.15 bits per heavy atom. The van der Waals surface area contributed by atoms with Gasteiger partial charge in [0.05, 0.1) is 0 Å². The second kappa shape index (κ2) is 14.9. The standard InChI is InChI=1S/C21H28P.C9H7.2ClH.Hf/c1-3-11-19(12-4-1)22(20-13-5-2-6-14-20)21-15-17-9-7-8-10-18(17)16-21;1-2-5-9-7-3-6-8(9)4-1;;;/h7-10,15-16,19-20H,1-6,11-14H2;1-7H;2*1H;/q2*-1;;;+4/p-2. The fourth-order valence-electron chi connectivity index (χ4n) is 5.79. The summed E-state index contributed by atoms with van der Waals surface area (Å²) in [7, 11) is 0.0611. The van der Waals surface area contributed by atoms with Crippen LogP contribution in [0.5, 0.6) is 0 Å². The number of hydrogen-bond donors (Lipinski definition) is 0. The smallest absolute Gasteiger partial charge is 1.00 e. The Morgan fingerprint density at radius 1 is 0.618 bits per heavy atom. The molecule has 6 rings (SSSR count). The molecule has 4 aromatic rings. The average molecular weight is 676 g/mol. The summed E-state index contributed by atoms with van der Waals surface area (Å²) in [6.45, 7) is 0. The van der Waals surface area contributed by atoms with Crippen LogP contribution in [0.1, 0.15) is 64.2 Å². The summed E-state index contributed by atoms with van der Waals surface area (Å²) in [4.78, 5) is 0. The van der Waals surface area contributed by atoms with Gasteiger partial charge in [-0.25, -0.2) is 0 Å². The molecule has 34 heavy (non-hydrogen) atoms. The Labute approximate surface area is 238 Å². The largest absolute Gasteiger partial charge is 4.00 e. The predicted octanol–water partition coefficient (Wildman–Crippen LogP) is 2.90. The van der Waals surface area contributed by atoms with Gasteiger partial charge in [-0.15, -0.1) is 70.0 Å². The van der Waals surface area contributed by atoms with Crippen LogP contribution in [0.25, 0.3) is 21.5 Å². The molecule has 0 aliphatic heterocycles. The van der Waals surface area contributed by atoms with Gasteiger partial charge in [0.15, 0.2) is 0 Å². The van der Waals surface area contributed by atoms with E-state index in [0.29, 0.717) is 0 Å². The fraction of sp³-hybridized carbons (Fsp3) is 0.400. The quantitative estimate of drug-likeness (QED) is 0.178. The van der Waals surface area contributed by atoms with E-state index in [4.69, 9.17) is 0 Å². The zero-order chi connectivity index (χ0) is 20.9. The zero-order valence-electron chi connectivity index (χ0n) is 19.9. The van der Waals surface area contributed by atoms with E-state index in [0.717, 1.165) is 11.3 Å². The van der Waals surface area contributed by atoms with Crippen molar-refractivity contribution in [1.29, 1.82) is 0 Å². The van der Waals surface area contributed by atoms with Gasteiger partial charge in [0.2, 0.25) is 0 Å². The maximum atomic E-state index is 2.55. The topological polar surface area (TPSA) is 0 Å². The van der Waals surface area contributed by atoms with Crippen molar-refractivity contribution >= 4 is 34.8 Å². The van der Waals surface area contributed by atoms with E-state index in [1.165, 1.54) is 85.8 Å². The first-order valence-electron chi connectivity index (χ1n) is 12.4. The normalized spacial score (nSPS) is 16.7. The maximum Gasteiger partial charge on any atom is 4.00 e. The molecule has 0 unspecified atom stereocenters. The van der Waals surface area contributed by atoms with E-state index in [9.17, 15) is 0 Å². The average Bonchev–Trinajstić information content (AvgIpc) is 3.48. The third-order valence-electron chi connectivity index (χ3n) is 7.38. The van der Waals surface area contributed by atoms with Crippen molar-refractivity contribution in [3.63, 3.8) is 0 Å². The van der Waals surface area contributed by atoms with Gasteiger partial charge in [-0.3, -0.25) is 0 Å². The summed E-state index contributed by atoms with van der Waals surface area (Å²) in [6, 6.07) is 28.7. The summed E-state index contributed by atoms with van der Waals surface area (Å²) < 4.78 is 0. The number of benzene rings is 2. The Morgan fingerprint density at radius 3 is 1.71 bits per heavy atom. The van der Waals surface area contributed by atoms with Gasteiger partial charge in [0.1, 0.15) is 0 Å². The molecule has 2 saturated carbocycles. The maximum absolute atomic E-state index is 2.55. The number of hydrogen-bond acceptors (Lipinski definition) is 0. The molecule has 0 atom stereocenters. The first-order valence-corrected chi connectivity index (χ1v) is 13.9. The van der Waals surface area contributed by atoms with Crippen molar-refractivity contribution in [3.8, 4) is 0 Å². The van der Waals surface area contributed by atoms with Gasteiger partial charge in [0.25, 0.3) is 0 Å². The van der Waals surface area contributed by atoms with Crippen LogP contribution in [0.4, 0.5) is 0 Å². The third kappa shape index (κ3) is 7.29. The fourth-order valence-corrected chi connectivity index (χ4v) is 9.65. The third-order valence-corrected chi connectivity index (χ3v) is 10.8. The summed E-state index contributed by atoms with van der Waals surface area (Å²) in [6.07, 6.45) is 14.9. The van der Waals surface area contributed by atoms with Crippen LogP contribution < -0.4 is 30.1 Å². The molecule has 4 aromatic carbocycles. The molecule has 0 heterocycles. The Balaban J connectivity index is 0.000000290. The van der Waals surface area contributed by atoms with Crippen LogP contribution in [0, 0.1) is 0 Å². The molecule has 0 spiro atoms. The monoisotopic (exact) mass is 676 g/mol. The first kappa shape index (κ1) is 29.8. The number of halogens is 2. The summed E-state index contributed by atoms with van der Waals surface area (Å²) in [5.41, 5.74) is 2.03. The van der Waals surface area contributed by atoms with Crippen LogP contribution in [-0.2, 0) is 25.8 Å². The van der Waals surface area contributed by atoms with Gasteiger partial charge in [-0.1, -0.05) is 58.6 Å². The van der Waals surface area contributed by atoms with E-state index in [-0.39, 0.29) is 58.6 Å². The predicted molar refractivity (Wildman–Crippen MR) is 139 cm³/mol. The molecule has 0 bridgehead atoms. The molecule has 0 aromatic heterocycles. The molecule has 178 valence electrons. The Bertz CT molecular complexity index is 1010. The summed E-state index contributed by atoms with van der Waals surface area (Å²) in [5.74, 6) is 0.